The van der Waals surface area contributed by atoms with Crippen LogP contribution >= 0.6 is 0 Å². The lowest BCUT2D eigenvalue weighted by atomic mass is 10.2. The van der Waals surface area contributed by atoms with Crippen LogP contribution in [0.4, 0.5) is 0 Å². The summed E-state index contributed by atoms with van der Waals surface area (Å²) in [4.78, 5) is 0. The van der Waals surface area contributed by atoms with Crippen molar-refractivity contribution < 1.29 is 0 Å². The fraction of sp³-hybridized carbons (Fsp3) is 0.818. The molecular weight excluding hydrogens is 132 g/mol. The van der Waals surface area contributed by atoms with Gasteiger partial charge in [0.1, 0.15) is 0 Å². The molecular formula is C11H24. The Morgan fingerprint density at radius 1 is 1.00 bits per heavy atom. The molecule has 0 aromatic rings. The second kappa shape index (κ2) is 12.4. The molecule has 0 aliphatic heterocycles. The summed E-state index contributed by atoms with van der Waals surface area (Å²) in [5.41, 5.74) is 1.38. The maximum atomic E-state index is 2.23. The minimum atomic E-state index is 1.36. The molecule has 0 nitrogen and oxygen atoms in total. The molecule has 0 saturated heterocycles. The van der Waals surface area contributed by atoms with Crippen LogP contribution in [0, 0.1) is 0 Å². The number of rotatable bonds is 3. The third kappa shape index (κ3) is 26.0. The van der Waals surface area contributed by atoms with Crippen LogP contribution in [0.5, 0.6) is 0 Å². The molecule has 0 rings (SSSR count). The first-order chi connectivity index (χ1) is 5.18. The summed E-state index contributed by atoms with van der Waals surface area (Å²) < 4.78 is 0. The molecule has 0 heteroatoms. The lowest BCUT2D eigenvalue weighted by Crippen LogP contribution is -1.66. The van der Waals surface area contributed by atoms with E-state index in [1.807, 2.05) is 6.92 Å². The summed E-state index contributed by atoms with van der Waals surface area (Å²) in [7, 11) is 0. The Balaban J connectivity index is 0. The molecule has 0 amide bonds. The fourth-order valence-corrected chi connectivity index (χ4v) is 0.500. The monoisotopic (exact) mass is 156 g/mol. The average Bonchev–Trinajstić information content (AvgIpc) is 2.02. The van der Waals surface area contributed by atoms with Crippen molar-refractivity contribution in [2.45, 2.75) is 60.3 Å². The van der Waals surface area contributed by atoms with Crippen LogP contribution in [0.2, 0.25) is 0 Å². The quantitative estimate of drug-likeness (QED) is 0.415. The van der Waals surface area contributed by atoms with Crippen LogP contribution in [-0.2, 0) is 0 Å². The van der Waals surface area contributed by atoms with Gasteiger partial charge in [-0.3, -0.25) is 0 Å². The molecule has 0 radical (unpaired) electrons. The summed E-state index contributed by atoms with van der Waals surface area (Å²) in [6.07, 6.45) is 7.62. The van der Waals surface area contributed by atoms with Crippen molar-refractivity contribution in [2.24, 2.45) is 0 Å². The Morgan fingerprint density at radius 2 is 1.27 bits per heavy atom. The van der Waals surface area contributed by atoms with Crippen LogP contribution in [0.15, 0.2) is 11.6 Å². The lowest BCUT2D eigenvalue weighted by Gasteiger charge is -1.86. The van der Waals surface area contributed by atoms with Gasteiger partial charge in [0, 0.05) is 0 Å². The third-order valence-electron chi connectivity index (χ3n) is 1.53. The summed E-state index contributed by atoms with van der Waals surface area (Å²) in [5, 5.41) is 0. The Kier molecular flexibility index (Phi) is 15.1. The van der Waals surface area contributed by atoms with E-state index in [2.05, 4.69) is 33.8 Å². The highest BCUT2D eigenvalue weighted by Gasteiger charge is 1.75. The van der Waals surface area contributed by atoms with E-state index in [-0.39, 0.29) is 0 Å². The second-order valence-corrected chi connectivity index (χ2v) is 3.07. The molecule has 0 spiro atoms. The Bertz CT molecular complexity index is 72.0. The number of allylic oxidation sites excluding steroid dienone is 2. The van der Waals surface area contributed by atoms with E-state index in [9.17, 15) is 0 Å². The average molecular weight is 156 g/mol. The molecule has 0 N–H and O–H groups in total. The van der Waals surface area contributed by atoms with E-state index < -0.39 is 0 Å². The second-order valence-electron chi connectivity index (χ2n) is 3.07. The molecule has 0 bridgehead atoms. The van der Waals surface area contributed by atoms with Crippen LogP contribution in [0.25, 0.3) is 0 Å². The van der Waals surface area contributed by atoms with Gasteiger partial charge in [0.15, 0.2) is 0 Å². The van der Waals surface area contributed by atoms with Crippen molar-refractivity contribution >= 4 is 0 Å². The fourth-order valence-electron chi connectivity index (χ4n) is 0.500. The van der Waals surface area contributed by atoms with Crippen molar-refractivity contribution in [3.8, 4) is 0 Å². The minimum Gasteiger partial charge on any atom is -0.0890 e. The molecule has 0 saturated carbocycles. The summed E-state index contributed by atoms with van der Waals surface area (Å²) in [5.74, 6) is 0. The van der Waals surface area contributed by atoms with Crippen LogP contribution in [0.1, 0.15) is 60.3 Å². The molecule has 68 valence electrons. The van der Waals surface area contributed by atoms with E-state index in [1.165, 1.54) is 31.3 Å². The standard InChI is InChI=1S/C6H14.C5H10/c1-3-5-6-4-2;1-4-5(2)3/h3-6H2,1-2H3;4H,1-3H3. The molecule has 0 atom stereocenters. The number of unbranched alkanes of at least 4 members (excludes halogenated alkanes) is 3. The summed E-state index contributed by atoms with van der Waals surface area (Å²) in [6, 6.07) is 0. The highest BCUT2D eigenvalue weighted by molar-refractivity contribution is 4.88. The van der Waals surface area contributed by atoms with Crippen molar-refractivity contribution in [3.05, 3.63) is 11.6 Å². The molecule has 0 aromatic carbocycles. The Morgan fingerprint density at radius 3 is 1.36 bits per heavy atom. The van der Waals surface area contributed by atoms with Gasteiger partial charge in [-0.15, -0.1) is 0 Å². The largest absolute Gasteiger partial charge is 0.0890 e. The topological polar surface area (TPSA) is 0 Å². The third-order valence-corrected chi connectivity index (χ3v) is 1.53. The summed E-state index contributed by atoms with van der Waals surface area (Å²) in [6.45, 7) is 10.7. The van der Waals surface area contributed by atoms with E-state index in [4.69, 9.17) is 0 Å². The van der Waals surface area contributed by atoms with E-state index in [0.29, 0.717) is 0 Å². The predicted octanol–water partition coefficient (Wildman–Crippen LogP) is 4.56. The number of hydrogen-bond donors (Lipinski definition) is 0. The van der Waals surface area contributed by atoms with Crippen molar-refractivity contribution in [3.63, 3.8) is 0 Å². The molecule has 0 unspecified atom stereocenters. The highest BCUT2D eigenvalue weighted by Crippen LogP contribution is 1.95. The van der Waals surface area contributed by atoms with Crippen molar-refractivity contribution in [1.29, 1.82) is 0 Å². The zero-order valence-corrected chi connectivity index (χ0v) is 8.91. The molecule has 0 aliphatic rings. The molecule has 0 aromatic heterocycles. The maximum Gasteiger partial charge on any atom is -0.0442 e. The molecule has 11 heavy (non-hydrogen) atoms. The smallest absolute Gasteiger partial charge is 0.0442 e. The van der Waals surface area contributed by atoms with Gasteiger partial charge in [0.25, 0.3) is 0 Å². The zero-order valence-electron chi connectivity index (χ0n) is 8.91. The first-order valence-corrected chi connectivity index (χ1v) is 4.78. The normalized spacial score (nSPS) is 8.09. The lowest BCUT2D eigenvalue weighted by molar-refractivity contribution is 0.702. The van der Waals surface area contributed by atoms with Gasteiger partial charge in [-0.05, 0) is 20.8 Å². The zero-order chi connectivity index (χ0) is 9.11. The minimum absolute atomic E-state index is 1.36. The Labute approximate surface area is 72.7 Å². The highest BCUT2D eigenvalue weighted by atomic mass is 13.8. The van der Waals surface area contributed by atoms with Gasteiger partial charge >= 0.3 is 0 Å². The van der Waals surface area contributed by atoms with Crippen molar-refractivity contribution in [1.82, 2.24) is 0 Å². The van der Waals surface area contributed by atoms with Gasteiger partial charge in [0.05, 0.1) is 0 Å². The van der Waals surface area contributed by atoms with Gasteiger partial charge in [0.2, 0.25) is 0 Å². The van der Waals surface area contributed by atoms with Crippen LogP contribution in [-0.4, -0.2) is 0 Å². The molecule has 0 fully saturated rings. The Hall–Kier alpha value is -0.260. The predicted molar refractivity (Wildman–Crippen MR) is 54.9 cm³/mol. The van der Waals surface area contributed by atoms with Gasteiger partial charge in [-0.2, -0.15) is 0 Å². The molecule has 0 aliphatic carbocycles. The van der Waals surface area contributed by atoms with E-state index in [0.717, 1.165) is 0 Å². The van der Waals surface area contributed by atoms with Crippen LogP contribution in [0.3, 0.4) is 0 Å². The molecule has 0 heterocycles. The van der Waals surface area contributed by atoms with Gasteiger partial charge in [-0.1, -0.05) is 51.2 Å². The van der Waals surface area contributed by atoms with Crippen LogP contribution < -0.4 is 0 Å². The van der Waals surface area contributed by atoms with E-state index >= 15 is 0 Å². The number of hydrogen-bond acceptors (Lipinski definition) is 0. The SMILES string of the molecule is CC=C(C)C.CCCCCC. The maximum absolute atomic E-state index is 2.23. The van der Waals surface area contributed by atoms with E-state index in [1.54, 1.807) is 0 Å². The summed E-state index contributed by atoms with van der Waals surface area (Å²) >= 11 is 0. The van der Waals surface area contributed by atoms with Gasteiger partial charge in [-0.25, -0.2) is 0 Å². The van der Waals surface area contributed by atoms with Gasteiger partial charge < -0.3 is 0 Å². The first kappa shape index (κ1) is 13.3. The van der Waals surface area contributed by atoms with Crippen molar-refractivity contribution in [2.75, 3.05) is 0 Å². The first-order valence-electron chi connectivity index (χ1n) is 4.78.